The molecule has 4 rings (SSSR count). The van der Waals surface area contributed by atoms with Gasteiger partial charge in [0.2, 0.25) is 0 Å². The summed E-state index contributed by atoms with van der Waals surface area (Å²) in [6.07, 6.45) is -0.616. The van der Waals surface area contributed by atoms with Crippen LogP contribution in [0.1, 0.15) is 19.4 Å². The van der Waals surface area contributed by atoms with Crippen molar-refractivity contribution in [3.8, 4) is 17.2 Å². The van der Waals surface area contributed by atoms with Crippen LogP contribution in [0.15, 0.2) is 72.8 Å². The number of nitrogens with one attached hydrogen (secondary N) is 1. The number of hydrogen-bond acceptors (Lipinski definition) is 5. The van der Waals surface area contributed by atoms with Gasteiger partial charge in [-0.1, -0.05) is 30.3 Å². The number of ether oxygens (including phenoxy) is 3. The summed E-state index contributed by atoms with van der Waals surface area (Å²) in [5.74, 6) is 1.46. The Morgan fingerprint density at radius 2 is 1.70 bits per heavy atom. The van der Waals surface area contributed by atoms with Crippen LogP contribution in [0.3, 0.4) is 0 Å². The summed E-state index contributed by atoms with van der Waals surface area (Å²) < 4.78 is 16.8. The molecular weight excluding hydrogens is 420 g/mol. The van der Waals surface area contributed by atoms with Gasteiger partial charge in [0, 0.05) is 11.8 Å². The van der Waals surface area contributed by atoms with Crippen molar-refractivity contribution in [1.82, 2.24) is 0 Å². The van der Waals surface area contributed by atoms with E-state index in [0.717, 1.165) is 11.3 Å². The Kier molecular flexibility index (Phi) is 6.78. The van der Waals surface area contributed by atoms with Crippen molar-refractivity contribution in [3.05, 3.63) is 78.4 Å². The Bertz CT molecular complexity index is 1120. The molecule has 3 aromatic rings. The molecule has 1 unspecified atom stereocenters. The van der Waals surface area contributed by atoms with Crippen LogP contribution >= 0.6 is 0 Å². The minimum absolute atomic E-state index is 0.105. The van der Waals surface area contributed by atoms with Gasteiger partial charge in [0.05, 0.1) is 18.8 Å². The van der Waals surface area contributed by atoms with Gasteiger partial charge >= 0.3 is 0 Å². The lowest BCUT2D eigenvalue weighted by Crippen LogP contribution is -2.44. The van der Waals surface area contributed by atoms with Gasteiger partial charge in [-0.25, -0.2) is 0 Å². The molecule has 3 aromatic carbocycles. The largest absolute Gasteiger partial charge is 0.494 e. The Labute approximate surface area is 192 Å². The molecule has 0 radical (unpaired) electrons. The number of anilines is 2. The maximum atomic E-state index is 12.7. The summed E-state index contributed by atoms with van der Waals surface area (Å²) in [4.78, 5) is 26.8. The highest BCUT2D eigenvalue weighted by molar-refractivity contribution is 6.00. The Balaban J connectivity index is 1.41. The third-order valence-corrected chi connectivity index (χ3v) is 5.14. The van der Waals surface area contributed by atoms with E-state index in [9.17, 15) is 9.59 Å². The SMILES string of the molecule is CCOc1ccc(OCC(=O)Nc2ccc3c(c2)OC(C)C(=O)N3Cc2ccccc2)cc1. The molecule has 1 heterocycles. The molecule has 2 amide bonds. The lowest BCUT2D eigenvalue weighted by molar-refractivity contribution is -0.125. The first-order valence-electron chi connectivity index (χ1n) is 10.8. The topological polar surface area (TPSA) is 77.1 Å². The monoisotopic (exact) mass is 446 g/mol. The van der Waals surface area contributed by atoms with E-state index in [-0.39, 0.29) is 18.4 Å². The lowest BCUT2D eigenvalue weighted by Gasteiger charge is -2.33. The van der Waals surface area contributed by atoms with Crippen LogP contribution in [-0.4, -0.2) is 31.1 Å². The Morgan fingerprint density at radius 3 is 2.39 bits per heavy atom. The van der Waals surface area contributed by atoms with Gasteiger partial charge < -0.3 is 24.4 Å². The predicted molar refractivity (Wildman–Crippen MR) is 126 cm³/mol. The van der Waals surface area contributed by atoms with Gasteiger partial charge in [0.1, 0.15) is 17.2 Å². The van der Waals surface area contributed by atoms with E-state index in [1.54, 1.807) is 54.3 Å². The molecule has 1 atom stereocenters. The first-order chi connectivity index (χ1) is 16.0. The number of carbonyl (C=O) groups is 2. The van der Waals surface area contributed by atoms with Crippen LogP contribution in [-0.2, 0) is 16.1 Å². The Morgan fingerprint density at radius 1 is 1.00 bits per heavy atom. The van der Waals surface area contributed by atoms with Gasteiger partial charge in [-0.3, -0.25) is 9.59 Å². The normalized spacial score (nSPS) is 14.8. The zero-order valence-electron chi connectivity index (χ0n) is 18.6. The van der Waals surface area contributed by atoms with Crippen molar-refractivity contribution in [2.75, 3.05) is 23.4 Å². The number of nitrogens with zero attached hydrogens (tertiary/aromatic N) is 1. The molecule has 7 heteroatoms. The van der Waals surface area contributed by atoms with Gasteiger partial charge in [-0.15, -0.1) is 0 Å². The molecule has 0 aromatic heterocycles. The van der Waals surface area contributed by atoms with Crippen LogP contribution < -0.4 is 24.4 Å². The zero-order chi connectivity index (χ0) is 23.2. The highest BCUT2D eigenvalue weighted by Crippen LogP contribution is 2.37. The molecule has 0 fully saturated rings. The van der Waals surface area contributed by atoms with Crippen molar-refractivity contribution in [2.45, 2.75) is 26.5 Å². The predicted octanol–water partition coefficient (Wildman–Crippen LogP) is 4.42. The van der Waals surface area contributed by atoms with Gasteiger partial charge in [0.15, 0.2) is 12.7 Å². The molecule has 7 nitrogen and oxygen atoms in total. The van der Waals surface area contributed by atoms with Crippen LogP contribution in [0, 0.1) is 0 Å². The zero-order valence-corrected chi connectivity index (χ0v) is 18.6. The Hall–Kier alpha value is -4.00. The van der Waals surface area contributed by atoms with E-state index >= 15 is 0 Å². The van der Waals surface area contributed by atoms with Crippen LogP contribution in [0.4, 0.5) is 11.4 Å². The maximum Gasteiger partial charge on any atom is 0.268 e. The van der Waals surface area contributed by atoms with E-state index in [1.165, 1.54) is 0 Å². The van der Waals surface area contributed by atoms with E-state index in [1.807, 2.05) is 37.3 Å². The summed E-state index contributed by atoms with van der Waals surface area (Å²) >= 11 is 0. The second-order valence-corrected chi connectivity index (χ2v) is 7.59. The van der Waals surface area contributed by atoms with Crippen molar-refractivity contribution in [2.24, 2.45) is 0 Å². The highest BCUT2D eigenvalue weighted by Gasteiger charge is 2.31. The van der Waals surface area contributed by atoms with E-state index in [4.69, 9.17) is 14.2 Å². The molecular formula is C26H26N2O5. The average molecular weight is 447 g/mol. The fourth-order valence-electron chi connectivity index (χ4n) is 3.56. The van der Waals surface area contributed by atoms with E-state index in [2.05, 4.69) is 5.32 Å². The first-order valence-corrected chi connectivity index (χ1v) is 10.8. The second-order valence-electron chi connectivity index (χ2n) is 7.59. The standard InChI is InChI=1S/C26H26N2O5/c1-3-31-21-10-12-22(13-11-21)32-17-25(29)27-20-9-14-23-24(15-20)33-18(2)26(30)28(23)16-19-7-5-4-6-8-19/h4-15,18H,3,16-17H2,1-2H3,(H,27,29). The van der Waals surface area contributed by atoms with Gasteiger partial charge in [-0.05, 0) is 55.8 Å². The number of amides is 2. The maximum absolute atomic E-state index is 12.7. The summed E-state index contributed by atoms with van der Waals surface area (Å²) in [6, 6.07) is 22.1. The number of benzene rings is 3. The molecule has 0 saturated heterocycles. The number of hydrogen-bond donors (Lipinski definition) is 1. The molecule has 1 aliphatic heterocycles. The fourth-order valence-corrected chi connectivity index (χ4v) is 3.56. The average Bonchev–Trinajstić information content (AvgIpc) is 2.82. The molecule has 1 N–H and O–H groups in total. The minimum atomic E-state index is -0.616. The van der Waals surface area contributed by atoms with Gasteiger partial charge in [0.25, 0.3) is 11.8 Å². The fraction of sp³-hybridized carbons (Fsp3) is 0.231. The highest BCUT2D eigenvalue weighted by atomic mass is 16.5. The molecule has 170 valence electrons. The minimum Gasteiger partial charge on any atom is -0.494 e. The first kappa shape index (κ1) is 22.2. The molecule has 0 saturated carbocycles. The smallest absolute Gasteiger partial charge is 0.268 e. The molecule has 0 aliphatic carbocycles. The number of rotatable bonds is 8. The quantitative estimate of drug-likeness (QED) is 0.554. The van der Waals surface area contributed by atoms with Crippen molar-refractivity contribution in [3.63, 3.8) is 0 Å². The molecule has 33 heavy (non-hydrogen) atoms. The number of carbonyl (C=O) groups excluding carboxylic acids is 2. The third-order valence-electron chi connectivity index (χ3n) is 5.14. The summed E-state index contributed by atoms with van der Waals surface area (Å²) in [7, 11) is 0. The van der Waals surface area contributed by atoms with E-state index < -0.39 is 6.10 Å². The molecule has 1 aliphatic rings. The van der Waals surface area contributed by atoms with Crippen molar-refractivity contribution in [1.29, 1.82) is 0 Å². The summed E-state index contributed by atoms with van der Waals surface area (Å²) in [5.41, 5.74) is 2.26. The third kappa shape index (κ3) is 5.44. The van der Waals surface area contributed by atoms with Crippen molar-refractivity contribution >= 4 is 23.2 Å². The van der Waals surface area contributed by atoms with E-state index in [0.29, 0.717) is 36.0 Å². The molecule has 0 spiro atoms. The molecule has 0 bridgehead atoms. The van der Waals surface area contributed by atoms with Crippen LogP contribution in [0.2, 0.25) is 0 Å². The van der Waals surface area contributed by atoms with Crippen LogP contribution in [0.5, 0.6) is 17.2 Å². The summed E-state index contributed by atoms with van der Waals surface area (Å²) in [6.45, 7) is 4.53. The van der Waals surface area contributed by atoms with Crippen LogP contribution in [0.25, 0.3) is 0 Å². The van der Waals surface area contributed by atoms with Gasteiger partial charge in [-0.2, -0.15) is 0 Å². The van der Waals surface area contributed by atoms with Crippen molar-refractivity contribution < 1.29 is 23.8 Å². The summed E-state index contributed by atoms with van der Waals surface area (Å²) in [5, 5.41) is 2.81. The second kappa shape index (κ2) is 10.1. The number of fused-ring (bicyclic) bond motifs is 1. The lowest BCUT2D eigenvalue weighted by atomic mass is 10.1.